The van der Waals surface area contributed by atoms with Crippen molar-refractivity contribution < 1.29 is 9.66 Å². The molecular weight excluding hydrogens is 244 g/mol. The number of nitro groups is 1. The number of hydrogen-bond donors (Lipinski definition) is 1. The number of nitrogens with two attached hydrogens (primary N) is 1. The van der Waals surface area contributed by atoms with Gasteiger partial charge in [0.2, 0.25) is 0 Å². The summed E-state index contributed by atoms with van der Waals surface area (Å²) in [7, 11) is 1.57. The predicted octanol–water partition coefficient (Wildman–Crippen LogP) is 2.15. The fourth-order valence-electron chi connectivity index (χ4n) is 1.57. The first kappa shape index (κ1) is 13.9. The molecule has 17 heavy (non-hydrogen) atoms. The molecule has 0 aromatic heterocycles. The maximum absolute atomic E-state index is 10.8. The van der Waals surface area contributed by atoms with E-state index in [1.54, 1.807) is 13.2 Å². The van der Waals surface area contributed by atoms with Crippen LogP contribution in [-0.2, 0) is 11.2 Å². The van der Waals surface area contributed by atoms with Crippen LogP contribution in [0.5, 0.6) is 0 Å². The lowest BCUT2D eigenvalue weighted by atomic mass is 10.0. The maximum atomic E-state index is 10.8. The molecule has 0 saturated heterocycles. The van der Waals surface area contributed by atoms with Crippen LogP contribution in [0.2, 0.25) is 5.02 Å². The fraction of sp³-hybridized carbons (Fsp3) is 0.455. The Bertz CT molecular complexity index is 398. The van der Waals surface area contributed by atoms with Crippen LogP contribution in [0, 0.1) is 10.1 Å². The van der Waals surface area contributed by atoms with E-state index in [1.165, 1.54) is 12.1 Å². The molecule has 1 aromatic rings. The number of aryl methyl sites for hydroxylation is 1. The van der Waals surface area contributed by atoms with Crippen LogP contribution < -0.4 is 5.73 Å². The lowest BCUT2D eigenvalue weighted by molar-refractivity contribution is -0.385. The van der Waals surface area contributed by atoms with Gasteiger partial charge in [0.05, 0.1) is 11.5 Å². The Labute approximate surface area is 105 Å². The quantitative estimate of drug-likeness (QED) is 0.626. The normalized spacial score (nSPS) is 12.4. The Morgan fingerprint density at radius 3 is 2.88 bits per heavy atom. The largest absolute Gasteiger partial charge is 0.383 e. The molecule has 0 heterocycles. The van der Waals surface area contributed by atoms with Crippen molar-refractivity contribution in [2.24, 2.45) is 5.73 Å². The number of nitro benzene ring substituents is 1. The van der Waals surface area contributed by atoms with E-state index in [-0.39, 0.29) is 11.7 Å². The molecular formula is C11H15ClN2O3. The molecule has 1 atom stereocenters. The molecule has 1 rings (SSSR count). The van der Waals surface area contributed by atoms with Gasteiger partial charge in [-0.25, -0.2) is 0 Å². The van der Waals surface area contributed by atoms with E-state index in [9.17, 15) is 10.1 Å². The van der Waals surface area contributed by atoms with Gasteiger partial charge in [-0.3, -0.25) is 10.1 Å². The van der Waals surface area contributed by atoms with Gasteiger partial charge < -0.3 is 10.5 Å². The van der Waals surface area contributed by atoms with Gasteiger partial charge in [0.25, 0.3) is 5.69 Å². The number of rotatable bonds is 6. The summed E-state index contributed by atoms with van der Waals surface area (Å²) < 4.78 is 4.91. The molecule has 0 fully saturated rings. The number of halogens is 1. The number of ether oxygens (including phenoxy) is 1. The molecule has 0 amide bonds. The Kier molecular flexibility index (Phi) is 5.34. The van der Waals surface area contributed by atoms with Gasteiger partial charge in [0.15, 0.2) is 0 Å². The summed E-state index contributed by atoms with van der Waals surface area (Å²) in [6, 6.07) is 4.41. The Hall–Kier alpha value is -1.17. The van der Waals surface area contributed by atoms with Crippen LogP contribution in [0.15, 0.2) is 18.2 Å². The third-order valence-electron chi connectivity index (χ3n) is 2.40. The predicted molar refractivity (Wildman–Crippen MR) is 66.3 cm³/mol. The standard InChI is InChI=1S/C11H15ClN2O3/c1-17-7-10(13)4-2-8-6-9(12)3-5-11(8)14(15)16/h3,5-6,10H,2,4,7,13H2,1H3. The zero-order valence-electron chi connectivity index (χ0n) is 9.56. The van der Waals surface area contributed by atoms with Crippen molar-refractivity contribution >= 4 is 17.3 Å². The van der Waals surface area contributed by atoms with Crippen molar-refractivity contribution in [2.45, 2.75) is 18.9 Å². The minimum atomic E-state index is -0.409. The average Bonchev–Trinajstić information content (AvgIpc) is 2.26. The lowest BCUT2D eigenvalue weighted by Crippen LogP contribution is -2.26. The first-order chi connectivity index (χ1) is 8.04. The number of methoxy groups -OCH3 is 1. The van der Waals surface area contributed by atoms with Crippen LogP contribution in [-0.4, -0.2) is 24.7 Å². The van der Waals surface area contributed by atoms with Gasteiger partial charge in [-0.2, -0.15) is 0 Å². The van der Waals surface area contributed by atoms with E-state index < -0.39 is 4.92 Å². The molecule has 0 bridgehead atoms. The number of nitrogens with zero attached hydrogens (tertiary/aromatic N) is 1. The lowest BCUT2D eigenvalue weighted by Gasteiger charge is -2.10. The minimum Gasteiger partial charge on any atom is -0.383 e. The highest BCUT2D eigenvalue weighted by Gasteiger charge is 2.14. The fourth-order valence-corrected chi connectivity index (χ4v) is 1.77. The summed E-state index contributed by atoms with van der Waals surface area (Å²) in [5.41, 5.74) is 6.46. The molecule has 1 aromatic carbocycles. The van der Waals surface area contributed by atoms with Gasteiger partial charge in [-0.1, -0.05) is 11.6 Å². The SMILES string of the molecule is COCC(N)CCc1cc(Cl)ccc1[N+](=O)[O-]. The molecule has 0 aliphatic heterocycles. The first-order valence-corrected chi connectivity index (χ1v) is 5.59. The van der Waals surface area contributed by atoms with E-state index in [1.807, 2.05) is 0 Å². The maximum Gasteiger partial charge on any atom is 0.272 e. The molecule has 1 unspecified atom stereocenters. The Morgan fingerprint density at radius 2 is 2.29 bits per heavy atom. The van der Waals surface area contributed by atoms with E-state index >= 15 is 0 Å². The van der Waals surface area contributed by atoms with Crippen LogP contribution in [0.4, 0.5) is 5.69 Å². The Morgan fingerprint density at radius 1 is 1.59 bits per heavy atom. The molecule has 94 valence electrons. The average molecular weight is 259 g/mol. The third-order valence-corrected chi connectivity index (χ3v) is 2.64. The van der Waals surface area contributed by atoms with Crippen LogP contribution in [0.1, 0.15) is 12.0 Å². The van der Waals surface area contributed by atoms with Crippen molar-refractivity contribution in [3.05, 3.63) is 38.9 Å². The highest BCUT2D eigenvalue weighted by Crippen LogP contribution is 2.24. The highest BCUT2D eigenvalue weighted by atomic mass is 35.5. The molecule has 2 N–H and O–H groups in total. The molecule has 0 aliphatic carbocycles. The zero-order valence-corrected chi connectivity index (χ0v) is 10.3. The van der Waals surface area contributed by atoms with Crippen molar-refractivity contribution in [3.8, 4) is 0 Å². The summed E-state index contributed by atoms with van der Waals surface area (Å²) in [6.07, 6.45) is 1.14. The smallest absolute Gasteiger partial charge is 0.272 e. The van der Waals surface area contributed by atoms with E-state index in [0.29, 0.717) is 30.0 Å². The van der Waals surface area contributed by atoms with Gasteiger partial charge in [-0.15, -0.1) is 0 Å². The molecule has 0 radical (unpaired) electrons. The number of hydrogen-bond acceptors (Lipinski definition) is 4. The summed E-state index contributed by atoms with van der Waals surface area (Å²) in [5, 5.41) is 11.3. The summed E-state index contributed by atoms with van der Waals surface area (Å²) in [4.78, 5) is 10.4. The van der Waals surface area contributed by atoms with E-state index in [2.05, 4.69) is 0 Å². The number of benzene rings is 1. The molecule has 5 nitrogen and oxygen atoms in total. The highest BCUT2D eigenvalue weighted by molar-refractivity contribution is 6.30. The van der Waals surface area contributed by atoms with Crippen molar-refractivity contribution in [1.82, 2.24) is 0 Å². The third kappa shape index (κ3) is 4.30. The second-order valence-corrected chi connectivity index (χ2v) is 4.22. The van der Waals surface area contributed by atoms with Crippen molar-refractivity contribution in [1.29, 1.82) is 0 Å². The first-order valence-electron chi connectivity index (χ1n) is 5.22. The molecule has 0 saturated carbocycles. The van der Waals surface area contributed by atoms with E-state index in [4.69, 9.17) is 22.1 Å². The summed E-state index contributed by atoms with van der Waals surface area (Å²) in [5.74, 6) is 0. The van der Waals surface area contributed by atoms with Crippen LogP contribution in [0.3, 0.4) is 0 Å². The van der Waals surface area contributed by atoms with Crippen LogP contribution in [0.25, 0.3) is 0 Å². The molecule has 6 heteroatoms. The topological polar surface area (TPSA) is 78.4 Å². The van der Waals surface area contributed by atoms with Crippen molar-refractivity contribution in [3.63, 3.8) is 0 Å². The van der Waals surface area contributed by atoms with Crippen LogP contribution >= 0.6 is 11.6 Å². The Balaban J connectivity index is 2.75. The minimum absolute atomic E-state index is 0.0824. The second-order valence-electron chi connectivity index (χ2n) is 3.78. The monoisotopic (exact) mass is 258 g/mol. The zero-order chi connectivity index (χ0) is 12.8. The molecule has 0 aliphatic rings. The van der Waals surface area contributed by atoms with Crippen molar-refractivity contribution in [2.75, 3.05) is 13.7 Å². The van der Waals surface area contributed by atoms with E-state index in [0.717, 1.165) is 0 Å². The van der Waals surface area contributed by atoms with Gasteiger partial charge in [-0.05, 0) is 25.0 Å². The second kappa shape index (κ2) is 6.54. The summed E-state index contributed by atoms with van der Waals surface area (Å²) >= 11 is 5.82. The molecule has 0 spiro atoms. The van der Waals surface area contributed by atoms with Gasteiger partial charge >= 0.3 is 0 Å². The summed E-state index contributed by atoms with van der Waals surface area (Å²) in [6.45, 7) is 0.439. The van der Waals surface area contributed by atoms with Gasteiger partial charge in [0.1, 0.15) is 0 Å². The van der Waals surface area contributed by atoms with Gasteiger partial charge in [0, 0.05) is 29.8 Å².